The van der Waals surface area contributed by atoms with E-state index in [4.69, 9.17) is 4.74 Å². The second-order valence-corrected chi connectivity index (χ2v) is 6.48. The predicted octanol–water partition coefficient (Wildman–Crippen LogP) is 4.41. The number of aromatic nitrogens is 1. The van der Waals surface area contributed by atoms with Crippen LogP contribution < -0.4 is 4.74 Å². The van der Waals surface area contributed by atoms with E-state index in [2.05, 4.69) is 0 Å². The van der Waals surface area contributed by atoms with Gasteiger partial charge in [0.05, 0.1) is 18.2 Å². The largest absolute Gasteiger partial charge is 0.497 e. The summed E-state index contributed by atoms with van der Waals surface area (Å²) in [7, 11) is 1.61. The summed E-state index contributed by atoms with van der Waals surface area (Å²) in [5.74, 6) is 0.493. The van der Waals surface area contributed by atoms with E-state index in [9.17, 15) is 9.59 Å². The van der Waals surface area contributed by atoms with Crippen molar-refractivity contribution in [2.45, 2.75) is 0 Å². The van der Waals surface area contributed by atoms with Gasteiger partial charge in [-0.25, -0.2) is 0 Å². The smallest absolute Gasteiger partial charge is 0.211 e. The van der Waals surface area contributed by atoms with E-state index in [1.165, 1.54) is 0 Å². The number of para-hydroxylation sites is 1. The van der Waals surface area contributed by atoms with Crippen molar-refractivity contribution in [1.29, 1.82) is 0 Å². The summed E-state index contributed by atoms with van der Waals surface area (Å²) in [4.78, 5) is 26.6. The summed E-state index contributed by atoms with van der Waals surface area (Å²) in [6.07, 6.45) is 0. The molecule has 0 spiro atoms. The van der Waals surface area contributed by atoms with Gasteiger partial charge in [0.1, 0.15) is 11.4 Å². The van der Waals surface area contributed by atoms with Crippen molar-refractivity contribution in [3.8, 4) is 11.4 Å². The molecular weight excluding hydrogens is 338 g/mol. The Kier molecular flexibility index (Phi) is 3.28. The Labute approximate surface area is 155 Å². The minimum atomic E-state index is -0.132. The maximum absolute atomic E-state index is 13.3. The molecule has 0 aliphatic heterocycles. The number of carbonyl (C=O) groups is 2. The number of benzene rings is 3. The number of nitrogens with zero attached hydrogens (tertiary/aromatic N) is 1. The molecule has 1 aliphatic carbocycles. The molecule has 4 heteroatoms. The molecular formula is C23H15NO3. The molecule has 4 nitrogen and oxygen atoms in total. The SMILES string of the molecule is COc1ccc(-n2c3c(c4ccccc42)C(=O)c2ccccc2C3=O)cc1. The van der Waals surface area contributed by atoms with Gasteiger partial charge in [0.25, 0.3) is 0 Å². The predicted molar refractivity (Wildman–Crippen MR) is 103 cm³/mol. The zero-order valence-corrected chi connectivity index (χ0v) is 14.6. The van der Waals surface area contributed by atoms with Crippen LogP contribution in [0.5, 0.6) is 5.75 Å². The number of methoxy groups -OCH3 is 1. The number of carbonyl (C=O) groups excluding carboxylic acids is 2. The summed E-state index contributed by atoms with van der Waals surface area (Å²) in [6.45, 7) is 0. The van der Waals surface area contributed by atoms with Crippen molar-refractivity contribution in [3.63, 3.8) is 0 Å². The average Bonchev–Trinajstić information content (AvgIpc) is 3.08. The molecule has 0 amide bonds. The van der Waals surface area contributed by atoms with Crippen molar-refractivity contribution >= 4 is 22.5 Å². The summed E-state index contributed by atoms with van der Waals surface area (Å²) < 4.78 is 7.12. The lowest BCUT2D eigenvalue weighted by Gasteiger charge is -2.17. The second kappa shape index (κ2) is 5.68. The van der Waals surface area contributed by atoms with E-state index in [-0.39, 0.29) is 11.6 Å². The highest BCUT2D eigenvalue weighted by atomic mass is 16.5. The fraction of sp³-hybridized carbons (Fsp3) is 0.0435. The van der Waals surface area contributed by atoms with Gasteiger partial charge in [-0.2, -0.15) is 0 Å². The van der Waals surface area contributed by atoms with Gasteiger partial charge in [-0.3, -0.25) is 9.59 Å². The van der Waals surface area contributed by atoms with Gasteiger partial charge in [-0.15, -0.1) is 0 Å². The van der Waals surface area contributed by atoms with Gasteiger partial charge >= 0.3 is 0 Å². The number of rotatable bonds is 2. The van der Waals surface area contributed by atoms with Crippen molar-refractivity contribution in [3.05, 3.63) is 95.2 Å². The van der Waals surface area contributed by atoms with Crippen LogP contribution in [0.4, 0.5) is 0 Å². The van der Waals surface area contributed by atoms with E-state index in [0.717, 1.165) is 22.3 Å². The van der Waals surface area contributed by atoms with Crippen LogP contribution >= 0.6 is 0 Å². The first-order chi connectivity index (χ1) is 13.2. The first-order valence-electron chi connectivity index (χ1n) is 8.67. The Hall–Kier alpha value is -3.66. The number of hydrogen-bond acceptors (Lipinski definition) is 3. The zero-order valence-electron chi connectivity index (χ0n) is 14.6. The minimum absolute atomic E-state index is 0.108. The van der Waals surface area contributed by atoms with Crippen molar-refractivity contribution in [2.24, 2.45) is 0 Å². The van der Waals surface area contributed by atoms with Crippen molar-refractivity contribution in [1.82, 2.24) is 4.57 Å². The van der Waals surface area contributed by atoms with Crippen molar-refractivity contribution < 1.29 is 14.3 Å². The Balaban J connectivity index is 1.88. The number of fused-ring (bicyclic) bond motifs is 4. The van der Waals surface area contributed by atoms with Crippen molar-refractivity contribution in [2.75, 3.05) is 7.11 Å². The lowest BCUT2D eigenvalue weighted by Crippen LogP contribution is -2.22. The monoisotopic (exact) mass is 353 g/mol. The molecule has 0 N–H and O–H groups in total. The summed E-state index contributed by atoms with van der Waals surface area (Å²) in [5, 5.41) is 0.788. The molecule has 0 unspecified atom stereocenters. The highest BCUT2D eigenvalue weighted by molar-refractivity contribution is 6.32. The number of hydrogen-bond donors (Lipinski definition) is 0. The van der Waals surface area contributed by atoms with E-state index in [1.807, 2.05) is 53.1 Å². The first kappa shape index (κ1) is 15.6. The molecule has 1 aliphatic rings. The molecule has 5 rings (SSSR count). The first-order valence-corrected chi connectivity index (χ1v) is 8.67. The third kappa shape index (κ3) is 2.10. The van der Waals surface area contributed by atoms with Crippen LogP contribution in [-0.2, 0) is 0 Å². The highest BCUT2D eigenvalue weighted by Crippen LogP contribution is 2.37. The fourth-order valence-corrected chi connectivity index (χ4v) is 3.83. The summed E-state index contributed by atoms with van der Waals surface area (Å²) in [6, 6.07) is 22.1. The third-order valence-electron chi connectivity index (χ3n) is 5.06. The average molecular weight is 353 g/mol. The van der Waals surface area contributed by atoms with Crippen LogP contribution in [0.15, 0.2) is 72.8 Å². The second-order valence-electron chi connectivity index (χ2n) is 6.48. The van der Waals surface area contributed by atoms with E-state index >= 15 is 0 Å². The van der Waals surface area contributed by atoms with Gasteiger partial charge in [0.15, 0.2) is 5.78 Å². The minimum Gasteiger partial charge on any atom is -0.497 e. The molecule has 0 radical (unpaired) electrons. The van der Waals surface area contributed by atoms with E-state index in [0.29, 0.717) is 22.4 Å². The number of ketones is 2. The van der Waals surface area contributed by atoms with Gasteiger partial charge < -0.3 is 9.30 Å². The topological polar surface area (TPSA) is 48.3 Å². The van der Waals surface area contributed by atoms with Crippen LogP contribution in [0.25, 0.3) is 16.6 Å². The molecule has 0 fully saturated rings. The lowest BCUT2D eigenvalue weighted by atomic mass is 9.87. The Morgan fingerprint density at radius 3 is 2.07 bits per heavy atom. The molecule has 3 aromatic carbocycles. The Morgan fingerprint density at radius 2 is 1.37 bits per heavy atom. The molecule has 130 valence electrons. The molecule has 0 saturated heterocycles. The Bertz CT molecular complexity index is 1230. The van der Waals surface area contributed by atoms with Crippen LogP contribution in [0, 0.1) is 0 Å². The standard InChI is InChI=1S/C23H15NO3/c1-27-15-12-10-14(11-13-15)24-19-9-5-4-8-18(19)20-21(24)23(26)17-7-3-2-6-16(17)22(20)25/h2-13H,1H3. The normalized spacial score (nSPS) is 12.8. The lowest BCUT2D eigenvalue weighted by molar-refractivity contribution is 0.0976. The van der Waals surface area contributed by atoms with Gasteiger partial charge in [0.2, 0.25) is 5.78 Å². The zero-order chi connectivity index (χ0) is 18.5. The Morgan fingerprint density at radius 1 is 0.741 bits per heavy atom. The van der Waals surface area contributed by atoms with Crippen LogP contribution in [0.1, 0.15) is 32.0 Å². The van der Waals surface area contributed by atoms with Crippen LogP contribution in [-0.4, -0.2) is 23.2 Å². The summed E-state index contributed by atoms with van der Waals surface area (Å²) in [5.41, 5.74) is 3.46. The number of ether oxygens (including phenoxy) is 1. The molecule has 0 bridgehead atoms. The maximum atomic E-state index is 13.3. The molecule has 0 atom stereocenters. The quantitative estimate of drug-likeness (QED) is 0.472. The van der Waals surface area contributed by atoms with Gasteiger partial charge in [0, 0.05) is 22.2 Å². The van der Waals surface area contributed by atoms with Crippen LogP contribution in [0.2, 0.25) is 0 Å². The highest BCUT2D eigenvalue weighted by Gasteiger charge is 2.35. The molecule has 4 aromatic rings. The maximum Gasteiger partial charge on any atom is 0.211 e. The summed E-state index contributed by atoms with van der Waals surface area (Å²) >= 11 is 0. The van der Waals surface area contributed by atoms with Gasteiger partial charge in [-0.05, 0) is 30.3 Å². The van der Waals surface area contributed by atoms with Gasteiger partial charge in [-0.1, -0.05) is 42.5 Å². The molecule has 1 aromatic heterocycles. The fourth-order valence-electron chi connectivity index (χ4n) is 3.83. The van der Waals surface area contributed by atoms with E-state index in [1.54, 1.807) is 31.4 Å². The molecule has 0 saturated carbocycles. The van der Waals surface area contributed by atoms with Crippen LogP contribution in [0.3, 0.4) is 0 Å². The van der Waals surface area contributed by atoms with E-state index < -0.39 is 0 Å². The third-order valence-corrected chi connectivity index (χ3v) is 5.06. The molecule has 1 heterocycles. The molecule has 27 heavy (non-hydrogen) atoms.